The van der Waals surface area contributed by atoms with Crippen molar-refractivity contribution in [3.8, 4) is 12.3 Å². The number of imidazole rings is 1. The van der Waals surface area contributed by atoms with E-state index in [1.807, 2.05) is 24.3 Å². The minimum atomic E-state index is -1.18. The lowest BCUT2D eigenvalue weighted by molar-refractivity contribution is 0.677. The molecule has 1 unspecified atom stereocenters. The number of H-pyrrole nitrogens is 1. The van der Waals surface area contributed by atoms with Gasteiger partial charge in [0.15, 0.2) is 5.16 Å². The Hall–Kier alpha value is -2.06. The average Bonchev–Trinajstić information content (AvgIpc) is 2.91. The second-order valence-corrected chi connectivity index (χ2v) is 4.97. The highest BCUT2D eigenvalue weighted by Gasteiger charge is 2.09. The van der Waals surface area contributed by atoms with Crippen molar-refractivity contribution < 1.29 is 4.21 Å². The Balaban J connectivity index is 2.14. The maximum absolute atomic E-state index is 12.1. The molecule has 0 amide bonds. The summed E-state index contributed by atoms with van der Waals surface area (Å²) in [6.07, 6.45) is 8.47. The fourth-order valence-corrected chi connectivity index (χ4v) is 2.60. The van der Waals surface area contributed by atoms with Gasteiger partial charge in [-0.15, -0.1) is 6.42 Å². The summed E-state index contributed by atoms with van der Waals surface area (Å²) in [5, 5.41) is 3.60. The molecule has 0 saturated carbocycles. The van der Waals surface area contributed by atoms with Crippen molar-refractivity contribution in [1.82, 2.24) is 9.97 Å². The van der Waals surface area contributed by atoms with Crippen LogP contribution in [0, 0.1) is 12.3 Å². The lowest BCUT2D eigenvalue weighted by Crippen LogP contribution is -2.05. The molecule has 0 aliphatic heterocycles. The highest BCUT2D eigenvalue weighted by Crippen LogP contribution is 2.18. The van der Waals surface area contributed by atoms with Crippen molar-refractivity contribution >= 4 is 16.5 Å². The second-order valence-electron chi connectivity index (χ2n) is 3.60. The Morgan fingerprint density at radius 1 is 1.44 bits per heavy atom. The molecule has 4 nitrogen and oxygen atoms in total. The first-order chi connectivity index (χ1) is 8.81. The zero-order valence-electron chi connectivity index (χ0n) is 9.72. The van der Waals surface area contributed by atoms with E-state index in [2.05, 4.69) is 21.2 Å². The van der Waals surface area contributed by atoms with Crippen LogP contribution in [0.25, 0.3) is 0 Å². The molecule has 0 aliphatic carbocycles. The smallest absolute Gasteiger partial charge is 0.196 e. The van der Waals surface area contributed by atoms with E-state index < -0.39 is 10.8 Å². The SMILES string of the molecule is C#CCNc1ccccc1CS(=O)c1ncc[nH]1. The standard InChI is InChI=1S/C13H13N3OS/c1-2-7-14-12-6-4-3-5-11(12)10-18(17)13-15-8-9-16-13/h1,3-6,8-9,14H,7,10H2,(H,15,16). The number of aromatic amines is 1. The van der Waals surface area contributed by atoms with Gasteiger partial charge in [-0.25, -0.2) is 4.98 Å². The molecule has 0 fully saturated rings. The Morgan fingerprint density at radius 2 is 2.28 bits per heavy atom. The summed E-state index contributed by atoms with van der Waals surface area (Å²) in [6, 6.07) is 7.68. The molecular weight excluding hydrogens is 246 g/mol. The first-order valence-corrected chi connectivity index (χ1v) is 6.76. The molecule has 18 heavy (non-hydrogen) atoms. The van der Waals surface area contributed by atoms with Crippen LogP contribution in [0.2, 0.25) is 0 Å². The number of para-hydroxylation sites is 1. The summed E-state index contributed by atoms with van der Waals surface area (Å²) in [7, 11) is -1.18. The van der Waals surface area contributed by atoms with Crippen molar-refractivity contribution in [2.45, 2.75) is 10.9 Å². The first-order valence-electron chi connectivity index (χ1n) is 5.44. The summed E-state index contributed by atoms with van der Waals surface area (Å²) in [5.74, 6) is 2.92. The number of hydrogen-bond donors (Lipinski definition) is 2. The number of nitrogens with one attached hydrogen (secondary N) is 2. The van der Waals surface area contributed by atoms with Crippen LogP contribution in [0.5, 0.6) is 0 Å². The summed E-state index contributed by atoms with van der Waals surface area (Å²) < 4.78 is 12.1. The quantitative estimate of drug-likeness (QED) is 0.804. The molecule has 1 aromatic heterocycles. The minimum absolute atomic E-state index is 0.404. The van der Waals surface area contributed by atoms with Crippen LogP contribution in [-0.4, -0.2) is 20.7 Å². The molecule has 0 radical (unpaired) electrons. The highest BCUT2D eigenvalue weighted by molar-refractivity contribution is 7.84. The van der Waals surface area contributed by atoms with Gasteiger partial charge in [-0.1, -0.05) is 24.1 Å². The van der Waals surface area contributed by atoms with Crippen LogP contribution < -0.4 is 5.32 Å². The molecule has 1 heterocycles. The maximum Gasteiger partial charge on any atom is 0.196 e. The number of anilines is 1. The molecule has 5 heteroatoms. The predicted molar refractivity (Wildman–Crippen MR) is 72.5 cm³/mol. The van der Waals surface area contributed by atoms with Gasteiger partial charge in [0.05, 0.1) is 23.1 Å². The van der Waals surface area contributed by atoms with E-state index in [0.717, 1.165) is 11.3 Å². The van der Waals surface area contributed by atoms with Crippen molar-refractivity contribution in [1.29, 1.82) is 0 Å². The van der Waals surface area contributed by atoms with Crippen molar-refractivity contribution in [2.75, 3.05) is 11.9 Å². The number of benzene rings is 1. The van der Waals surface area contributed by atoms with Gasteiger partial charge in [0.1, 0.15) is 0 Å². The number of aromatic nitrogens is 2. The van der Waals surface area contributed by atoms with Crippen molar-refractivity contribution in [3.63, 3.8) is 0 Å². The summed E-state index contributed by atoms with van der Waals surface area (Å²) in [5.41, 5.74) is 1.87. The fraction of sp³-hybridized carbons (Fsp3) is 0.154. The topological polar surface area (TPSA) is 57.8 Å². The number of nitrogens with zero attached hydrogens (tertiary/aromatic N) is 1. The average molecular weight is 259 g/mol. The largest absolute Gasteiger partial charge is 0.374 e. The van der Waals surface area contributed by atoms with Gasteiger partial charge in [-0.3, -0.25) is 4.21 Å². The van der Waals surface area contributed by atoms with E-state index in [-0.39, 0.29) is 0 Å². The Labute approximate surface area is 108 Å². The van der Waals surface area contributed by atoms with Crippen LogP contribution in [-0.2, 0) is 16.6 Å². The second kappa shape index (κ2) is 6.03. The first kappa shape index (κ1) is 12.4. The predicted octanol–water partition coefficient (Wildman–Crippen LogP) is 1.76. The Morgan fingerprint density at radius 3 is 3.00 bits per heavy atom. The van der Waals surface area contributed by atoms with E-state index in [9.17, 15) is 4.21 Å². The Kier molecular flexibility index (Phi) is 4.15. The lowest BCUT2D eigenvalue weighted by atomic mass is 10.2. The Bertz CT molecular complexity index is 572. The van der Waals surface area contributed by atoms with E-state index >= 15 is 0 Å². The van der Waals surface area contributed by atoms with Gasteiger partial charge >= 0.3 is 0 Å². The van der Waals surface area contributed by atoms with Gasteiger partial charge in [-0.2, -0.15) is 0 Å². The van der Waals surface area contributed by atoms with Crippen LogP contribution in [0.4, 0.5) is 5.69 Å². The van der Waals surface area contributed by atoms with Crippen LogP contribution in [0.15, 0.2) is 41.8 Å². The summed E-state index contributed by atoms with van der Waals surface area (Å²) in [6.45, 7) is 0.449. The maximum atomic E-state index is 12.1. The van der Waals surface area contributed by atoms with Gasteiger partial charge in [0, 0.05) is 18.1 Å². The van der Waals surface area contributed by atoms with Crippen LogP contribution >= 0.6 is 0 Å². The third-order valence-corrected chi connectivity index (χ3v) is 3.60. The normalized spacial score (nSPS) is 11.7. The number of rotatable bonds is 5. The van der Waals surface area contributed by atoms with Crippen molar-refractivity contribution in [3.05, 3.63) is 42.2 Å². The third-order valence-electron chi connectivity index (χ3n) is 2.37. The molecule has 1 aromatic carbocycles. The molecule has 0 spiro atoms. The van der Waals surface area contributed by atoms with Crippen molar-refractivity contribution in [2.24, 2.45) is 0 Å². The van der Waals surface area contributed by atoms with Gasteiger partial charge in [0.25, 0.3) is 0 Å². The lowest BCUT2D eigenvalue weighted by Gasteiger charge is -2.09. The van der Waals surface area contributed by atoms with Gasteiger partial charge in [0.2, 0.25) is 0 Å². The van der Waals surface area contributed by atoms with Gasteiger partial charge in [-0.05, 0) is 11.6 Å². The van der Waals surface area contributed by atoms with E-state index in [4.69, 9.17) is 6.42 Å². The van der Waals surface area contributed by atoms with Crippen LogP contribution in [0.1, 0.15) is 5.56 Å². The summed E-state index contributed by atoms with van der Waals surface area (Å²) in [4.78, 5) is 6.85. The zero-order chi connectivity index (χ0) is 12.8. The molecule has 92 valence electrons. The van der Waals surface area contributed by atoms with Gasteiger partial charge < -0.3 is 10.3 Å². The number of hydrogen-bond acceptors (Lipinski definition) is 3. The molecule has 2 aromatic rings. The third kappa shape index (κ3) is 2.99. The monoisotopic (exact) mass is 259 g/mol. The molecule has 0 saturated heterocycles. The molecular formula is C13H13N3OS. The molecule has 0 aliphatic rings. The molecule has 2 N–H and O–H groups in total. The molecule has 1 atom stereocenters. The van der Waals surface area contributed by atoms with Crippen LogP contribution in [0.3, 0.4) is 0 Å². The molecule has 2 rings (SSSR count). The minimum Gasteiger partial charge on any atom is -0.374 e. The van der Waals surface area contributed by atoms with E-state index in [1.54, 1.807) is 12.4 Å². The zero-order valence-corrected chi connectivity index (χ0v) is 10.5. The van der Waals surface area contributed by atoms with E-state index in [1.165, 1.54) is 0 Å². The fourth-order valence-electron chi connectivity index (χ4n) is 1.55. The number of terminal acetylenes is 1. The highest BCUT2D eigenvalue weighted by atomic mass is 32.2. The summed E-state index contributed by atoms with van der Waals surface area (Å²) >= 11 is 0. The van der Waals surface area contributed by atoms with E-state index in [0.29, 0.717) is 17.5 Å². The molecule has 0 bridgehead atoms.